The molecule has 0 unspecified atom stereocenters. The van der Waals surface area contributed by atoms with Gasteiger partial charge in [0.05, 0.1) is 15.5 Å². The molecule has 0 aromatic heterocycles. The molecule has 25 heavy (non-hydrogen) atoms. The number of aliphatic carboxylic acids is 1. The molecule has 8 nitrogen and oxygen atoms in total. The SMILES string of the molecule is Cc1c(Cl)cccc1N(CC(=O)O)S(=O)(=O)c1cccc([N+](=O)[O-])c1. The number of carboxylic acid groups (broad SMARTS) is 1. The summed E-state index contributed by atoms with van der Waals surface area (Å²) in [5.41, 5.74) is 0.0417. The summed E-state index contributed by atoms with van der Waals surface area (Å²) >= 11 is 6.00. The molecule has 0 atom stereocenters. The van der Waals surface area contributed by atoms with E-state index in [-0.39, 0.29) is 15.6 Å². The summed E-state index contributed by atoms with van der Waals surface area (Å²) in [5.74, 6) is -1.38. The number of halogens is 1. The second kappa shape index (κ2) is 7.08. The van der Waals surface area contributed by atoms with Gasteiger partial charge in [0.15, 0.2) is 0 Å². The van der Waals surface area contributed by atoms with Crippen LogP contribution in [0.3, 0.4) is 0 Å². The Morgan fingerprint density at radius 3 is 2.52 bits per heavy atom. The Hall–Kier alpha value is -2.65. The minimum Gasteiger partial charge on any atom is -0.480 e. The minimum atomic E-state index is -4.36. The average Bonchev–Trinajstić information content (AvgIpc) is 2.55. The number of carbonyl (C=O) groups is 1. The Morgan fingerprint density at radius 2 is 1.92 bits per heavy atom. The van der Waals surface area contributed by atoms with Crippen molar-refractivity contribution >= 4 is 39.0 Å². The third-order valence-corrected chi connectivity index (χ3v) is 5.57. The molecule has 0 aliphatic rings. The molecule has 0 bridgehead atoms. The number of non-ortho nitro benzene ring substituents is 1. The number of anilines is 1. The quantitative estimate of drug-likeness (QED) is 0.604. The van der Waals surface area contributed by atoms with Gasteiger partial charge in [-0.2, -0.15) is 0 Å². The zero-order valence-electron chi connectivity index (χ0n) is 12.9. The molecule has 0 aliphatic heterocycles. The Labute approximate surface area is 148 Å². The Bertz CT molecular complexity index is 945. The molecule has 0 heterocycles. The lowest BCUT2D eigenvalue weighted by atomic mass is 10.2. The highest BCUT2D eigenvalue weighted by Crippen LogP contribution is 2.31. The first-order valence-corrected chi connectivity index (χ1v) is 8.70. The number of hydrogen-bond donors (Lipinski definition) is 1. The van der Waals surface area contributed by atoms with Crippen LogP contribution in [-0.2, 0) is 14.8 Å². The summed E-state index contributed by atoms with van der Waals surface area (Å²) in [6, 6.07) is 8.85. The van der Waals surface area contributed by atoms with Gasteiger partial charge in [-0.3, -0.25) is 19.2 Å². The molecular formula is C15H13ClN2O6S. The first kappa shape index (κ1) is 18.7. The number of benzene rings is 2. The minimum absolute atomic E-state index is 0.0846. The molecular weight excluding hydrogens is 372 g/mol. The highest BCUT2D eigenvalue weighted by atomic mass is 35.5. The van der Waals surface area contributed by atoms with E-state index >= 15 is 0 Å². The highest BCUT2D eigenvalue weighted by Gasteiger charge is 2.29. The van der Waals surface area contributed by atoms with Crippen LogP contribution in [0.1, 0.15) is 5.56 Å². The summed E-state index contributed by atoms with van der Waals surface area (Å²) in [7, 11) is -4.36. The number of nitrogens with zero attached hydrogens (tertiary/aromatic N) is 2. The van der Waals surface area contributed by atoms with Gasteiger partial charge >= 0.3 is 5.97 Å². The van der Waals surface area contributed by atoms with Crippen LogP contribution in [0.25, 0.3) is 0 Å². The van der Waals surface area contributed by atoms with Gasteiger partial charge in [0.25, 0.3) is 15.7 Å². The molecule has 0 saturated heterocycles. The maximum absolute atomic E-state index is 12.9. The van der Waals surface area contributed by atoms with Gasteiger partial charge < -0.3 is 5.11 Å². The molecule has 2 aromatic carbocycles. The van der Waals surface area contributed by atoms with Gasteiger partial charge in [0.2, 0.25) is 0 Å². The van der Waals surface area contributed by atoms with E-state index < -0.39 is 33.1 Å². The molecule has 0 aliphatic carbocycles. The van der Waals surface area contributed by atoms with E-state index in [1.807, 2.05) is 0 Å². The molecule has 0 radical (unpaired) electrons. The van der Waals surface area contributed by atoms with E-state index in [2.05, 4.69) is 0 Å². The number of nitro groups is 1. The fourth-order valence-electron chi connectivity index (χ4n) is 2.17. The summed E-state index contributed by atoms with van der Waals surface area (Å²) in [6.07, 6.45) is 0. The average molecular weight is 385 g/mol. The molecule has 2 aromatic rings. The number of rotatable bonds is 6. The van der Waals surface area contributed by atoms with Crippen LogP contribution in [0.2, 0.25) is 5.02 Å². The lowest BCUT2D eigenvalue weighted by Crippen LogP contribution is -2.36. The summed E-state index contributed by atoms with van der Waals surface area (Å²) in [5, 5.41) is 20.3. The smallest absolute Gasteiger partial charge is 0.324 e. The van der Waals surface area contributed by atoms with Crippen LogP contribution in [-0.4, -0.2) is 31.0 Å². The number of nitro benzene ring substituents is 1. The lowest BCUT2D eigenvalue weighted by Gasteiger charge is -2.24. The first-order valence-electron chi connectivity index (χ1n) is 6.88. The van der Waals surface area contributed by atoms with Crippen molar-refractivity contribution < 1.29 is 23.2 Å². The molecule has 1 N–H and O–H groups in total. The Morgan fingerprint density at radius 1 is 1.28 bits per heavy atom. The maximum Gasteiger partial charge on any atom is 0.324 e. The zero-order valence-corrected chi connectivity index (χ0v) is 14.5. The fourth-order valence-corrected chi connectivity index (χ4v) is 3.85. The zero-order chi connectivity index (χ0) is 18.8. The van der Waals surface area contributed by atoms with E-state index in [9.17, 15) is 23.3 Å². The monoisotopic (exact) mass is 384 g/mol. The predicted octanol–water partition coefficient (Wildman–Crippen LogP) is 2.84. The van der Waals surface area contributed by atoms with Crippen molar-refractivity contribution in [3.8, 4) is 0 Å². The Kier molecular flexibility index (Phi) is 5.29. The second-order valence-corrected chi connectivity index (χ2v) is 7.31. The molecule has 0 amide bonds. The van der Waals surface area contributed by atoms with E-state index in [4.69, 9.17) is 16.7 Å². The summed E-state index contributed by atoms with van der Waals surface area (Å²) in [6.45, 7) is 0.696. The van der Waals surface area contributed by atoms with E-state index in [1.165, 1.54) is 18.2 Å². The number of carboxylic acids is 1. The van der Waals surface area contributed by atoms with Crippen molar-refractivity contribution in [1.29, 1.82) is 0 Å². The predicted molar refractivity (Wildman–Crippen MR) is 91.5 cm³/mol. The van der Waals surface area contributed by atoms with Gasteiger partial charge in [-0.15, -0.1) is 0 Å². The second-order valence-electron chi connectivity index (χ2n) is 5.04. The standard InChI is InChI=1S/C15H13ClN2O6S/c1-10-13(16)6-3-7-14(10)17(9-15(19)20)25(23,24)12-5-2-4-11(8-12)18(21)22/h2-8H,9H2,1H3,(H,19,20). The third-order valence-electron chi connectivity index (χ3n) is 3.40. The Balaban J connectivity index is 2.64. The van der Waals surface area contributed by atoms with E-state index in [0.29, 0.717) is 9.87 Å². The van der Waals surface area contributed by atoms with Crippen molar-refractivity contribution in [3.63, 3.8) is 0 Å². The largest absolute Gasteiger partial charge is 0.480 e. The van der Waals surface area contributed by atoms with Crippen molar-refractivity contribution in [2.24, 2.45) is 0 Å². The van der Waals surface area contributed by atoms with Crippen molar-refractivity contribution in [1.82, 2.24) is 0 Å². The van der Waals surface area contributed by atoms with Crippen LogP contribution in [0.4, 0.5) is 11.4 Å². The highest BCUT2D eigenvalue weighted by molar-refractivity contribution is 7.92. The normalized spacial score (nSPS) is 11.1. The van der Waals surface area contributed by atoms with Crippen LogP contribution in [0, 0.1) is 17.0 Å². The molecule has 0 spiro atoms. The van der Waals surface area contributed by atoms with Crippen molar-refractivity contribution in [2.75, 3.05) is 10.8 Å². The van der Waals surface area contributed by atoms with Gasteiger partial charge in [0.1, 0.15) is 6.54 Å². The fraction of sp³-hybridized carbons (Fsp3) is 0.133. The topological polar surface area (TPSA) is 118 Å². The van der Waals surface area contributed by atoms with E-state index in [0.717, 1.165) is 18.2 Å². The number of sulfonamides is 1. The van der Waals surface area contributed by atoms with Gasteiger partial charge in [-0.05, 0) is 30.7 Å². The summed E-state index contributed by atoms with van der Waals surface area (Å²) < 4.78 is 26.5. The maximum atomic E-state index is 12.9. The summed E-state index contributed by atoms with van der Waals surface area (Å²) in [4.78, 5) is 20.9. The lowest BCUT2D eigenvalue weighted by molar-refractivity contribution is -0.385. The molecule has 2 rings (SSSR count). The molecule has 0 fully saturated rings. The molecule has 0 saturated carbocycles. The third kappa shape index (κ3) is 3.89. The first-order chi connectivity index (χ1) is 11.6. The molecule has 10 heteroatoms. The van der Waals surface area contributed by atoms with Crippen molar-refractivity contribution in [3.05, 3.63) is 63.2 Å². The van der Waals surface area contributed by atoms with Crippen LogP contribution >= 0.6 is 11.6 Å². The van der Waals surface area contributed by atoms with Crippen molar-refractivity contribution in [2.45, 2.75) is 11.8 Å². The van der Waals surface area contributed by atoms with Crippen LogP contribution < -0.4 is 4.31 Å². The molecule has 132 valence electrons. The van der Waals surface area contributed by atoms with Gasteiger partial charge in [0, 0.05) is 17.2 Å². The van der Waals surface area contributed by atoms with Crippen LogP contribution in [0.15, 0.2) is 47.4 Å². The number of hydrogen-bond acceptors (Lipinski definition) is 5. The van der Waals surface area contributed by atoms with E-state index in [1.54, 1.807) is 13.0 Å². The van der Waals surface area contributed by atoms with Crippen LogP contribution in [0.5, 0.6) is 0 Å². The van der Waals surface area contributed by atoms with Gasteiger partial charge in [-0.25, -0.2) is 8.42 Å². The van der Waals surface area contributed by atoms with Gasteiger partial charge in [-0.1, -0.05) is 23.7 Å².